The summed E-state index contributed by atoms with van der Waals surface area (Å²) in [6.07, 6.45) is 4.04. The Morgan fingerprint density at radius 1 is 1.12 bits per heavy atom. The van der Waals surface area contributed by atoms with Gasteiger partial charge in [-0.3, -0.25) is 15.1 Å². The average Bonchev–Trinajstić information content (AvgIpc) is 3.61. The first-order valence-corrected chi connectivity index (χ1v) is 10.4. The summed E-state index contributed by atoms with van der Waals surface area (Å²) in [7, 11) is 0. The number of ether oxygens (including phenoxy) is 1. The van der Waals surface area contributed by atoms with Gasteiger partial charge in [0, 0.05) is 12.7 Å². The lowest BCUT2D eigenvalue weighted by Crippen LogP contribution is -2.23. The van der Waals surface area contributed by atoms with Gasteiger partial charge in [-0.25, -0.2) is 14.2 Å². The van der Waals surface area contributed by atoms with Crippen molar-refractivity contribution in [3.63, 3.8) is 0 Å². The topological polar surface area (TPSA) is 108 Å². The second kappa shape index (κ2) is 10.1. The van der Waals surface area contributed by atoms with Crippen LogP contribution < -0.4 is 26.2 Å². The number of hydrogen-bond donors (Lipinski definition) is 4. The Morgan fingerprint density at radius 2 is 1.91 bits per heavy atom. The van der Waals surface area contributed by atoms with Crippen molar-refractivity contribution in [2.75, 3.05) is 24.0 Å². The SMILES string of the molecule is O=C(Nc1ncc(-c2ccc(CNCC3CC3)cc2)c(=O)[nH]1)Nc1ccccc1OCF. The minimum absolute atomic E-state index is 0.0129. The van der Waals surface area contributed by atoms with E-state index in [1.165, 1.54) is 25.1 Å². The Bertz CT molecular complexity index is 1130. The van der Waals surface area contributed by atoms with Crippen LogP contribution >= 0.6 is 0 Å². The monoisotopic (exact) mass is 437 g/mol. The number of H-pyrrole nitrogens is 1. The van der Waals surface area contributed by atoms with E-state index in [4.69, 9.17) is 4.74 Å². The first kappa shape index (κ1) is 21.5. The third-order valence-electron chi connectivity index (χ3n) is 5.10. The summed E-state index contributed by atoms with van der Waals surface area (Å²) in [6.45, 7) is 0.819. The van der Waals surface area contributed by atoms with Gasteiger partial charge in [-0.05, 0) is 48.6 Å². The maximum absolute atomic E-state index is 12.5. The molecule has 9 heteroatoms. The number of urea groups is 1. The first-order valence-electron chi connectivity index (χ1n) is 10.4. The average molecular weight is 437 g/mol. The van der Waals surface area contributed by atoms with Crippen molar-refractivity contribution in [3.05, 3.63) is 70.6 Å². The summed E-state index contributed by atoms with van der Waals surface area (Å²) in [5.41, 5.74) is 2.18. The Hall–Kier alpha value is -3.72. The molecule has 0 saturated heterocycles. The number of carbonyl (C=O) groups excluding carboxylic acids is 1. The number of alkyl halides is 1. The molecule has 1 aliphatic carbocycles. The van der Waals surface area contributed by atoms with Crippen LogP contribution in [0.5, 0.6) is 5.75 Å². The summed E-state index contributed by atoms with van der Waals surface area (Å²) in [4.78, 5) is 31.4. The molecule has 3 aromatic rings. The molecule has 8 nitrogen and oxygen atoms in total. The van der Waals surface area contributed by atoms with Crippen molar-refractivity contribution in [3.8, 4) is 16.9 Å². The number of anilines is 2. The number of benzene rings is 2. The van der Waals surface area contributed by atoms with Gasteiger partial charge in [-0.15, -0.1) is 0 Å². The van der Waals surface area contributed by atoms with E-state index in [0.29, 0.717) is 5.56 Å². The van der Waals surface area contributed by atoms with E-state index in [0.717, 1.165) is 30.1 Å². The second-order valence-electron chi connectivity index (χ2n) is 7.57. The highest BCUT2D eigenvalue weighted by Crippen LogP contribution is 2.27. The fourth-order valence-corrected chi connectivity index (χ4v) is 3.22. The molecule has 1 heterocycles. The molecule has 4 rings (SSSR count). The zero-order chi connectivity index (χ0) is 22.3. The zero-order valence-corrected chi connectivity index (χ0v) is 17.4. The van der Waals surface area contributed by atoms with Crippen molar-refractivity contribution < 1.29 is 13.9 Å². The maximum atomic E-state index is 12.5. The zero-order valence-electron chi connectivity index (χ0n) is 17.4. The Labute approximate surface area is 184 Å². The molecule has 1 saturated carbocycles. The fourth-order valence-electron chi connectivity index (χ4n) is 3.22. The molecule has 1 aromatic heterocycles. The highest BCUT2D eigenvalue weighted by atomic mass is 19.1. The van der Waals surface area contributed by atoms with Gasteiger partial charge in [-0.1, -0.05) is 36.4 Å². The van der Waals surface area contributed by atoms with Crippen LogP contribution in [-0.2, 0) is 6.54 Å². The molecule has 1 aliphatic rings. The minimum atomic E-state index is -1.02. The van der Waals surface area contributed by atoms with Crippen molar-refractivity contribution in [2.45, 2.75) is 19.4 Å². The van der Waals surface area contributed by atoms with Crippen molar-refractivity contribution in [2.24, 2.45) is 5.92 Å². The molecule has 0 spiro atoms. The molecule has 0 atom stereocenters. The van der Waals surface area contributed by atoms with Gasteiger partial charge in [0.15, 0.2) is 0 Å². The van der Waals surface area contributed by atoms with Crippen molar-refractivity contribution in [1.29, 1.82) is 0 Å². The summed E-state index contributed by atoms with van der Waals surface area (Å²) >= 11 is 0. The Morgan fingerprint density at radius 3 is 2.62 bits per heavy atom. The summed E-state index contributed by atoms with van der Waals surface area (Å²) in [6, 6.07) is 13.5. The summed E-state index contributed by atoms with van der Waals surface area (Å²) in [5.74, 6) is 1.00. The number of carbonyl (C=O) groups is 1. The maximum Gasteiger partial charge on any atom is 0.326 e. The number of aromatic nitrogens is 2. The van der Waals surface area contributed by atoms with Crippen LogP contribution in [0, 0.1) is 5.92 Å². The van der Waals surface area contributed by atoms with E-state index >= 15 is 0 Å². The smallest absolute Gasteiger partial charge is 0.326 e. The molecule has 0 radical (unpaired) electrons. The van der Waals surface area contributed by atoms with E-state index in [-0.39, 0.29) is 22.9 Å². The lowest BCUT2D eigenvalue weighted by Gasteiger charge is -2.11. The number of amides is 2. The number of hydrogen-bond acceptors (Lipinski definition) is 5. The molecule has 0 aliphatic heterocycles. The third-order valence-corrected chi connectivity index (χ3v) is 5.10. The second-order valence-corrected chi connectivity index (χ2v) is 7.57. The van der Waals surface area contributed by atoms with Gasteiger partial charge in [0.2, 0.25) is 12.8 Å². The molecular weight excluding hydrogens is 413 g/mol. The quantitative estimate of drug-likeness (QED) is 0.406. The van der Waals surface area contributed by atoms with Gasteiger partial charge in [0.05, 0.1) is 11.3 Å². The number of nitrogens with one attached hydrogen (secondary N) is 4. The predicted molar refractivity (Wildman–Crippen MR) is 120 cm³/mol. The van der Waals surface area contributed by atoms with Crippen LogP contribution in [0.15, 0.2) is 59.5 Å². The normalized spacial score (nSPS) is 12.9. The standard InChI is InChI=1S/C23H24FN5O3/c24-14-32-20-4-2-1-3-19(20)27-23(31)29-22-26-13-18(21(30)28-22)17-9-7-16(8-10-17)12-25-11-15-5-6-15/h1-4,7-10,13,15,25H,5-6,11-12,14H2,(H3,26,27,28,29,30,31). The van der Waals surface area contributed by atoms with Crippen LogP contribution in [0.25, 0.3) is 11.1 Å². The number of halogens is 1. The molecule has 2 aromatic carbocycles. The molecule has 32 heavy (non-hydrogen) atoms. The van der Waals surface area contributed by atoms with Gasteiger partial charge in [0.1, 0.15) is 5.75 Å². The molecule has 0 unspecified atom stereocenters. The highest BCUT2D eigenvalue weighted by Gasteiger charge is 2.20. The third kappa shape index (κ3) is 5.70. The molecule has 0 bridgehead atoms. The predicted octanol–water partition coefficient (Wildman–Crippen LogP) is 3.89. The summed E-state index contributed by atoms with van der Waals surface area (Å²) in [5, 5.41) is 8.42. The van der Waals surface area contributed by atoms with Crippen LogP contribution in [0.3, 0.4) is 0 Å². The number of nitrogens with zero attached hydrogens (tertiary/aromatic N) is 1. The van der Waals surface area contributed by atoms with Gasteiger partial charge in [0.25, 0.3) is 5.56 Å². The van der Waals surface area contributed by atoms with Gasteiger partial charge < -0.3 is 15.4 Å². The summed E-state index contributed by atoms with van der Waals surface area (Å²) < 4.78 is 17.3. The van der Waals surface area contributed by atoms with E-state index < -0.39 is 12.9 Å². The number of aromatic amines is 1. The van der Waals surface area contributed by atoms with E-state index in [9.17, 15) is 14.0 Å². The lowest BCUT2D eigenvalue weighted by atomic mass is 10.1. The van der Waals surface area contributed by atoms with Gasteiger partial charge in [-0.2, -0.15) is 0 Å². The van der Waals surface area contributed by atoms with Gasteiger partial charge >= 0.3 is 6.03 Å². The van der Waals surface area contributed by atoms with Crippen molar-refractivity contribution >= 4 is 17.7 Å². The van der Waals surface area contributed by atoms with E-state index in [1.54, 1.807) is 18.2 Å². The van der Waals surface area contributed by atoms with Crippen LogP contribution in [0.1, 0.15) is 18.4 Å². The molecule has 2 amide bonds. The molecular formula is C23H24FN5O3. The lowest BCUT2D eigenvalue weighted by molar-refractivity contribution is 0.192. The largest absolute Gasteiger partial charge is 0.461 e. The first-order chi connectivity index (χ1) is 15.6. The number of para-hydroxylation sites is 2. The highest BCUT2D eigenvalue weighted by molar-refractivity contribution is 5.99. The minimum Gasteiger partial charge on any atom is -0.461 e. The number of rotatable bonds is 9. The fraction of sp³-hybridized carbons (Fsp3) is 0.261. The van der Waals surface area contributed by atoms with Crippen LogP contribution in [-0.4, -0.2) is 29.4 Å². The molecule has 4 N–H and O–H groups in total. The van der Waals surface area contributed by atoms with Crippen LogP contribution in [0.2, 0.25) is 0 Å². The van der Waals surface area contributed by atoms with Crippen molar-refractivity contribution in [1.82, 2.24) is 15.3 Å². The van der Waals surface area contributed by atoms with Crippen LogP contribution in [0.4, 0.5) is 20.8 Å². The Balaban J connectivity index is 1.37. The van der Waals surface area contributed by atoms with E-state index in [2.05, 4.69) is 25.9 Å². The molecule has 166 valence electrons. The Kier molecular flexibility index (Phi) is 6.76. The van der Waals surface area contributed by atoms with E-state index in [1.807, 2.05) is 24.3 Å². The molecule has 1 fully saturated rings.